The molecule has 1 unspecified atom stereocenters. The molecule has 0 rings (SSSR count). The third kappa shape index (κ3) is 8.90. The lowest BCUT2D eigenvalue weighted by Gasteiger charge is -2.07. The zero-order chi connectivity index (χ0) is 12.2. The first-order chi connectivity index (χ1) is 7.72. The van der Waals surface area contributed by atoms with Crippen molar-refractivity contribution in [1.82, 2.24) is 0 Å². The van der Waals surface area contributed by atoms with E-state index in [1.165, 1.54) is 44.9 Å². The average molecular weight is 228 g/mol. The van der Waals surface area contributed by atoms with Crippen LogP contribution in [0.3, 0.4) is 0 Å². The van der Waals surface area contributed by atoms with Crippen molar-refractivity contribution in [2.24, 2.45) is 0 Å². The number of methoxy groups -OCH3 is 1. The molecule has 96 valence electrons. The van der Waals surface area contributed by atoms with Gasteiger partial charge in [-0.05, 0) is 13.3 Å². The third-order valence-corrected chi connectivity index (χ3v) is 3.08. The average Bonchev–Trinajstić information content (AvgIpc) is 2.31. The van der Waals surface area contributed by atoms with Crippen LogP contribution in [0.25, 0.3) is 0 Å². The van der Waals surface area contributed by atoms with Gasteiger partial charge in [-0.2, -0.15) is 0 Å². The number of unbranched alkanes of at least 4 members (excludes halogenated alkanes) is 7. The van der Waals surface area contributed by atoms with E-state index >= 15 is 0 Å². The van der Waals surface area contributed by atoms with Crippen LogP contribution in [0.4, 0.5) is 0 Å². The Bertz CT molecular complexity index is 166. The van der Waals surface area contributed by atoms with Gasteiger partial charge in [0.2, 0.25) is 0 Å². The van der Waals surface area contributed by atoms with E-state index in [4.69, 9.17) is 4.74 Å². The fourth-order valence-corrected chi connectivity index (χ4v) is 1.77. The zero-order valence-electron chi connectivity index (χ0n) is 11.3. The molecule has 2 heteroatoms. The standard InChI is InChI=1S/C14H28O2/c1-4-5-6-7-8-9-10-11-12-14(15)13(2)16-3/h13H,4-12H2,1-3H3. The summed E-state index contributed by atoms with van der Waals surface area (Å²) < 4.78 is 4.98. The molecule has 1 atom stereocenters. The summed E-state index contributed by atoms with van der Waals surface area (Å²) in [4.78, 5) is 11.4. The lowest BCUT2D eigenvalue weighted by atomic mass is 10.0. The SMILES string of the molecule is CCCCCCCCCCC(=O)C(C)OC. The summed E-state index contributed by atoms with van der Waals surface area (Å²) in [6, 6.07) is 0. The number of ketones is 1. The summed E-state index contributed by atoms with van der Waals surface area (Å²) >= 11 is 0. The maximum atomic E-state index is 11.4. The first kappa shape index (κ1) is 15.6. The van der Waals surface area contributed by atoms with E-state index in [2.05, 4.69) is 6.92 Å². The first-order valence-corrected chi connectivity index (χ1v) is 6.77. The third-order valence-electron chi connectivity index (χ3n) is 3.08. The minimum Gasteiger partial charge on any atom is -0.374 e. The van der Waals surface area contributed by atoms with Gasteiger partial charge in [-0.25, -0.2) is 0 Å². The quantitative estimate of drug-likeness (QED) is 0.497. The molecule has 0 N–H and O–H groups in total. The van der Waals surface area contributed by atoms with Gasteiger partial charge in [0.15, 0.2) is 5.78 Å². The maximum Gasteiger partial charge on any atom is 0.161 e. The fraction of sp³-hybridized carbons (Fsp3) is 0.929. The topological polar surface area (TPSA) is 26.3 Å². The summed E-state index contributed by atoms with van der Waals surface area (Å²) in [5.41, 5.74) is 0. The largest absolute Gasteiger partial charge is 0.374 e. The Hall–Kier alpha value is -0.370. The van der Waals surface area contributed by atoms with E-state index in [0.29, 0.717) is 6.42 Å². The minimum absolute atomic E-state index is 0.218. The van der Waals surface area contributed by atoms with Crippen LogP contribution in [0.2, 0.25) is 0 Å². The first-order valence-electron chi connectivity index (χ1n) is 6.77. The molecule has 0 aliphatic carbocycles. The lowest BCUT2D eigenvalue weighted by molar-refractivity contribution is -0.127. The molecule has 0 spiro atoms. The molecule has 0 saturated heterocycles. The molecule has 0 amide bonds. The van der Waals surface area contributed by atoms with E-state index in [-0.39, 0.29) is 11.9 Å². The van der Waals surface area contributed by atoms with Gasteiger partial charge in [0.05, 0.1) is 0 Å². The molecule has 0 aromatic rings. The van der Waals surface area contributed by atoms with Crippen molar-refractivity contribution >= 4 is 5.78 Å². The number of carbonyl (C=O) groups excluding carboxylic acids is 1. The van der Waals surface area contributed by atoms with Crippen LogP contribution >= 0.6 is 0 Å². The number of carbonyl (C=O) groups is 1. The Morgan fingerprint density at radius 1 is 1.00 bits per heavy atom. The van der Waals surface area contributed by atoms with Gasteiger partial charge in [-0.1, -0.05) is 51.9 Å². The Balaban J connectivity index is 3.18. The molecule has 0 radical (unpaired) electrons. The number of Topliss-reactive ketones (excluding diaryl/α,β-unsaturated/α-hetero) is 1. The second-order valence-corrected chi connectivity index (χ2v) is 4.57. The van der Waals surface area contributed by atoms with Gasteiger partial charge in [0.1, 0.15) is 6.10 Å². The van der Waals surface area contributed by atoms with Crippen molar-refractivity contribution in [2.75, 3.05) is 7.11 Å². The highest BCUT2D eigenvalue weighted by Crippen LogP contribution is 2.10. The minimum atomic E-state index is -0.218. The van der Waals surface area contributed by atoms with Crippen LogP contribution in [-0.4, -0.2) is 19.0 Å². The van der Waals surface area contributed by atoms with Crippen molar-refractivity contribution in [3.8, 4) is 0 Å². The molecular formula is C14H28O2. The molecule has 0 heterocycles. The number of hydrogen-bond donors (Lipinski definition) is 0. The van der Waals surface area contributed by atoms with Crippen molar-refractivity contribution in [3.63, 3.8) is 0 Å². The summed E-state index contributed by atoms with van der Waals surface area (Å²) in [7, 11) is 1.59. The molecule has 0 fully saturated rings. The van der Waals surface area contributed by atoms with Crippen LogP contribution in [0.5, 0.6) is 0 Å². The molecule has 2 nitrogen and oxygen atoms in total. The normalized spacial score (nSPS) is 12.7. The van der Waals surface area contributed by atoms with E-state index in [1.807, 2.05) is 6.92 Å². The number of hydrogen-bond acceptors (Lipinski definition) is 2. The van der Waals surface area contributed by atoms with Gasteiger partial charge < -0.3 is 4.74 Å². The lowest BCUT2D eigenvalue weighted by Crippen LogP contribution is -2.18. The molecular weight excluding hydrogens is 200 g/mol. The van der Waals surface area contributed by atoms with Crippen molar-refractivity contribution in [2.45, 2.75) is 77.7 Å². The molecule has 0 saturated carbocycles. The van der Waals surface area contributed by atoms with Gasteiger partial charge in [0, 0.05) is 13.5 Å². The van der Waals surface area contributed by atoms with Crippen molar-refractivity contribution < 1.29 is 9.53 Å². The van der Waals surface area contributed by atoms with Gasteiger partial charge in [-0.15, -0.1) is 0 Å². The number of ether oxygens (including phenoxy) is 1. The molecule has 0 bridgehead atoms. The Kier molecular flexibility index (Phi) is 10.9. The predicted octanol–water partition coefficient (Wildman–Crippen LogP) is 4.12. The van der Waals surface area contributed by atoms with Gasteiger partial charge in [0.25, 0.3) is 0 Å². The predicted molar refractivity (Wildman–Crippen MR) is 68.7 cm³/mol. The zero-order valence-corrected chi connectivity index (χ0v) is 11.3. The van der Waals surface area contributed by atoms with Crippen LogP contribution in [0.15, 0.2) is 0 Å². The van der Waals surface area contributed by atoms with Crippen LogP contribution in [0, 0.1) is 0 Å². The van der Waals surface area contributed by atoms with E-state index in [9.17, 15) is 4.79 Å². The molecule has 0 aliphatic heterocycles. The van der Waals surface area contributed by atoms with Crippen LogP contribution < -0.4 is 0 Å². The second kappa shape index (κ2) is 11.1. The molecule has 0 aromatic heterocycles. The highest BCUT2D eigenvalue weighted by molar-refractivity contribution is 5.82. The van der Waals surface area contributed by atoms with Crippen LogP contribution in [-0.2, 0) is 9.53 Å². The van der Waals surface area contributed by atoms with Crippen molar-refractivity contribution in [3.05, 3.63) is 0 Å². The van der Waals surface area contributed by atoms with Crippen molar-refractivity contribution in [1.29, 1.82) is 0 Å². The molecule has 0 aliphatic rings. The number of rotatable bonds is 11. The van der Waals surface area contributed by atoms with E-state index < -0.39 is 0 Å². The highest BCUT2D eigenvalue weighted by atomic mass is 16.5. The summed E-state index contributed by atoms with van der Waals surface area (Å²) in [6.45, 7) is 4.07. The van der Waals surface area contributed by atoms with Gasteiger partial charge >= 0.3 is 0 Å². The Morgan fingerprint density at radius 3 is 2.00 bits per heavy atom. The Morgan fingerprint density at radius 2 is 1.50 bits per heavy atom. The maximum absolute atomic E-state index is 11.4. The highest BCUT2D eigenvalue weighted by Gasteiger charge is 2.10. The molecule has 16 heavy (non-hydrogen) atoms. The summed E-state index contributed by atoms with van der Waals surface area (Å²) in [5, 5.41) is 0. The summed E-state index contributed by atoms with van der Waals surface area (Å²) in [6.07, 6.45) is 10.7. The van der Waals surface area contributed by atoms with E-state index in [0.717, 1.165) is 6.42 Å². The monoisotopic (exact) mass is 228 g/mol. The smallest absolute Gasteiger partial charge is 0.161 e. The molecule has 0 aromatic carbocycles. The van der Waals surface area contributed by atoms with Crippen LogP contribution in [0.1, 0.15) is 71.6 Å². The summed E-state index contributed by atoms with van der Waals surface area (Å²) in [5.74, 6) is 0.244. The Labute approximate surface area is 101 Å². The fourth-order valence-electron chi connectivity index (χ4n) is 1.77. The second-order valence-electron chi connectivity index (χ2n) is 4.57. The van der Waals surface area contributed by atoms with E-state index in [1.54, 1.807) is 7.11 Å². The van der Waals surface area contributed by atoms with Gasteiger partial charge in [-0.3, -0.25) is 4.79 Å².